The second-order valence-electron chi connectivity index (χ2n) is 9.56. The fourth-order valence-corrected chi connectivity index (χ4v) is 4.83. The molecule has 0 bridgehead atoms. The number of nitrogens with zero attached hydrogens (tertiary/aromatic N) is 5. The number of rotatable bonds is 4. The van der Waals surface area contributed by atoms with E-state index in [1.54, 1.807) is 0 Å². The monoisotopic (exact) mass is 471 g/mol. The van der Waals surface area contributed by atoms with Gasteiger partial charge in [0.05, 0.1) is 5.56 Å². The van der Waals surface area contributed by atoms with Crippen molar-refractivity contribution >= 4 is 16.7 Å². The van der Waals surface area contributed by atoms with Gasteiger partial charge in [-0.15, -0.1) is 10.2 Å². The van der Waals surface area contributed by atoms with E-state index in [2.05, 4.69) is 47.9 Å². The highest BCUT2D eigenvalue weighted by molar-refractivity contribution is 6.01. The van der Waals surface area contributed by atoms with Crippen LogP contribution in [0.25, 0.3) is 33.3 Å². The van der Waals surface area contributed by atoms with E-state index in [1.807, 2.05) is 25.1 Å². The molecule has 5 rings (SSSR count). The van der Waals surface area contributed by atoms with Crippen LogP contribution in [0.4, 0.5) is 10.2 Å². The Bertz CT molecular complexity index is 1380. The van der Waals surface area contributed by atoms with Gasteiger partial charge in [0, 0.05) is 48.4 Å². The molecule has 0 atom stereocenters. The number of benzene rings is 2. The van der Waals surface area contributed by atoms with Gasteiger partial charge in [0.1, 0.15) is 22.8 Å². The third-order valence-electron chi connectivity index (χ3n) is 6.83. The molecule has 0 unspecified atom stereocenters. The van der Waals surface area contributed by atoms with E-state index >= 15 is 0 Å². The van der Waals surface area contributed by atoms with Crippen molar-refractivity contribution in [3.8, 4) is 28.1 Å². The summed E-state index contributed by atoms with van der Waals surface area (Å²) >= 11 is 0. The maximum absolute atomic E-state index is 14.9. The van der Waals surface area contributed by atoms with Gasteiger partial charge in [-0.1, -0.05) is 44.2 Å². The average molecular weight is 472 g/mol. The van der Waals surface area contributed by atoms with Crippen LogP contribution in [-0.4, -0.2) is 58.4 Å². The molecule has 0 spiro atoms. The molecule has 7 heteroatoms. The predicted octanol–water partition coefficient (Wildman–Crippen LogP) is 5.39. The summed E-state index contributed by atoms with van der Waals surface area (Å²) in [5.41, 5.74) is 4.94. The number of aromatic nitrogens is 3. The van der Waals surface area contributed by atoms with Crippen molar-refractivity contribution < 1.29 is 9.50 Å². The van der Waals surface area contributed by atoms with E-state index < -0.39 is 5.82 Å². The number of pyridine rings is 1. The number of phenolic OH excluding ortho intramolecular Hbond substituents is 1. The van der Waals surface area contributed by atoms with Gasteiger partial charge in [-0.3, -0.25) is 0 Å². The number of phenols is 1. The molecule has 1 aliphatic heterocycles. The topological polar surface area (TPSA) is 65.4 Å². The molecular weight excluding hydrogens is 441 g/mol. The number of likely N-dealkylation sites (N-methyl/N-ethyl adjacent to an activating group) is 1. The standard InChI is InChI=1S/C28H30FN5O/c1-17(2)19-8-5-6-9-20(19)26-22-16-21(25-23(29)10-7-11-24(25)35)18(3)30-27(22)28(32-31-26)34-14-12-33(4)13-15-34/h5-11,16-17,35H,12-15H2,1-4H3. The number of fused-ring (bicyclic) bond motifs is 1. The molecule has 35 heavy (non-hydrogen) atoms. The van der Waals surface area contributed by atoms with Crippen molar-refractivity contribution in [2.45, 2.75) is 26.7 Å². The fraction of sp³-hybridized carbons (Fsp3) is 0.321. The van der Waals surface area contributed by atoms with Crippen molar-refractivity contribution in [1.29, 1.82) is 0 Å². The second kappa shape index (κ2) is 9.23. The van der Waals surface area contributed by atoms with E-state index in [-0.39, 0.29) is 17.2 Å². The van der Waals surface area contributed by atoms with Gasteiger partial charge in [-0.2, -0.15) is 0 Å². The smallest absolute Gasteiger partial charge is 0.177 e. The van der Waals surface area contributed by atoms with Gasteiger partial charge >= 0.3 is 0 Å². The summed E-state index contributed by atoms with van der Waals surface area (Å²) < 4.78 is 14.9. The Kier molecular flexibility index (Phi) is 6.11. The number of anilines is 1. The van der Waals surface area contributed by atoms with Gasteiger partial charge in [0.15, 0.2) is 5.82 Å². The maximum Gasteiger partial charge on any atom is 0.177 e. The summed E-state index contributed by atoms with van der Waals surface area (Å²) in [7, 11) is 2.11. The second-order valence-corrected chi connectivity index (χ2v) is 9.56. The van der Waals surface area contributed by atoms with Crippen molar-refractivity contribution in [2.24, 2.45) is 0 Å². The van der Waals surface area contributed by atoms with Crippen LogP contribution in [-0.2, 0) is 0 Å². The van der Waals surface area contributed by atoms with Gasteiger partial charge in [-0.05, 0) is 43.7 Å². The molecule has 0 saturated carbocycles. The minimum absolute atomic E-state index is 0.111. The van der Waals surface area contributed by atoms with Crippen LogP contribution in [0.3, 0.4) is 0 Å². The normalized spacial score (nSPS) is 14.7. The number of hydrogen-bond acceptors (Lipinski definition) is 6. The number of halogens is 1. The van der Waals surface area contributed by atoms with Crippen molar-refractivity contribution in [3.05, 3.63) is 65.6 Å². The fourth-order valence-electron chi connectivity index (χ4n) is 4.83. The largest absolute Gasteiger partial charge is 0.507 e. The van der Waals surface area contributed by atoms with Crippen LogP contribution < -0.4 is 4.90 Å². The molecule has 0 aliphatic carbocycles. The van der Waals surface area contributed by atoms with Gasteiger partial charge < -0.3 is 14.9 Å². The number of piperazine rings is 1. The molecular formula is C28H30FN5O. The molecule has 3 heterocycles. The van der Waals surface area contributed by atoms with Crippen LogP contribution in [0, 0.1) is 12.7 Å². The lowest BCUT2D eigenvalue weighted by molar-refractivity contribution is 0.312. The Labute approximate surface area is 205 Å². The highest BCUT2D eigenvalue weighted by Gasteiger charge is 2.24. The molecule has 6 nitrogen and oxygen atoms in total. The molecule has 4 aromatic rings. The van der Waals surface area contributed by atoms with E-state index in [0.29, 0.717) is 17.0 Å². The highest BCUT2D eigenvalue weighted by atomic mass is 19.1. The molecule has 1 saturated heterocycles. The van der Waals surface area contributed by atoms with Gasteiger partial charge in [-0.25, -0.2) is 9.37 Å². The summed E-state index contributed by atoms with van der Waals surface area (Å²) in [6.45, 7) is 9.67. The molecule has 1 fully saturated rings. The van der Waals surface area contributed by atoms with E-state index in [0.717, 1.165) is 54.0 Å². The first-order chi connectivity index (χ1) is 16.8. The summed E-state index contributed by atoms with van der Waals surface area (Å²) in [6, 6.07) is 14.4. The summed E-state index contributed by atoms with van der Waals surface area (Å²) in [5.74, 6) is 0.430. The Balaban J connectivity index is 1.80. The Morgan fingerprint density at radius 2 is 1.69 bits per heavy atom. The SMILES string of the molecule is Cc1nc2c(N3CCN(C)CC3)nnc(-c3ccccc3C(C)C)c2cc1-c1c(O)cccc1F. The number of hydrogen-bond donors (Lipinski definition) is 1. The summed E-state index contributed by atoms with van der Waals surface area (Å²) in [6.07, 6.45) is 0. The minimum Gasteiger partial charge on any atom is -0.507 e. The minimum atomic E-state index is -0.486. The lowest BCUT2D eigenvalue weighted by Crippen LogP contribution is -2.45. The quantitative estimate of drug-likeness (QED) is 0.431. The molecule has 0 radical (unpaired) electrons. The van der Waals surface area contributed by atoms with Crippen molar-refractivity contribution in [2.75, 3.05) is 38.1 Å². The maximum atomic E-state index is 14.9. The van der Waals surface area contributed by atoms with Gasteiger partial charge in [0.25, 0.3) is 0 Å². The van der Waals surface area contributed by atoms with Gasteiger partial charge in [0.2, 0.25) is 0 Å². The van der Waals surface area contributed by atoms with Crippen molar-refractivity contribution in [1.82, 2.24) is 20.1 Å². The highest BCUT2D eigenvalue weighted by Crippen LogP contribution is 2.40. The zero-order valence-electron chi connectivity index (χ0n) is 20.6. The van der Waals surface area contributed by atoms with Crippen LogP contribution in [0.5, 0.6) is 5.75 Å². The zero-order chi connectivity index (χ0) is 24.7. The third-order valence-corrected chi connectivity index (χ3v) is 6.83. The lowest BCUT2D eigenvalue weighted by atomic mass is 9.92. The zero-order valence-corrected chi connectivity index (χ0v) is 20.6. The Morgan fingerprint density at radius 1 is 0.943 bits per heavy atom. The summed E-state index contributed by atoms with van der Waals surface area (Å²) in [5, 5.41) is 20.7. The predicted molar refractivity (Wildman–Crippen MR) is 138 cm³/mol. The van der Waals surface area contributed by atoms with Crippen LogP contribution >= 0.6 is 0 Å². The van der Waals surface area contributed by atoms with Crippen LogP contribution in [0.2, 0.25) is 0 Å². The molecule has 2 aromatic heterocycles. The first kappa shape index (κ1) is 23.2. The Hall–Kier alpha value is -3.58. The van der Waals surface area contributed by atoms with Crippen LogP contribution in [0.15, 0.2) is 48.5 Å². The number of aromatic hydroxyl groups is 1. The van der Waals surface area contributed by atoms with Crippen molar-refractivity contribution in [3.63, 3.8) is 0 Å². The number of aryl methyl sites for hydroxylation is 1. The van der Waals surface area contributed by atoms with E-state index in [1.165, 1.54) is 18.2 Å². The third kappa shape index (κ3) is 4.21. The Morgan fingerprint density at radius 3 is 2.40 bits per heavy atom. The molecule has 1 aliphatic rings. The molecule has 1 N–H and O–H groups in total. The molecule has 0 amide bonds. The first-order valence-corrected chi connectivity index (χ1v) is 12.0. The van der Waals surface area contributed by atoms with E-state index in [9.17, 15) is 9.50 Å². The lowest BCUT2D eigenvalue weighted by Gasteiger charge is -2.33. The average Bonchev–Trinajstić information content (AvgIpc) is 2.84. The molecule has 180 valence electrons. The molecule has 2 aromatic carbocycles. The first-order valence-electron chi connectivity index (χ1n) is 12.0. The summed E-state index contributed by atoms with van der Waals surface area (Å²) in [4.78, 5) is 9.46. The van der Waals surface area contributed by atoms with Crippen LogP contribution in [0.1, 0.15) is 31.0 Å². The van der Waals surface area contributed by atoms with E-state index in [4.69, 9.17) is 10.1 Å².